The molecule has 0 bridgehead atoms. The second-order valence-corrected chi connectivity index (χ2v) is 8.88. The number of ether oxygens (including phenoxy) is 3. The van der Waals surface area contributed by atoms with E-state index in [9.17, 15) is 19.5 Å². The van der Waals surface area contributed by atoms with Crippen LogP contribution in [-0.4, -0.2) is 42.8 Å². The number of aliphatic hydroxyl groups excluding tert-OH is 1. The molecule has 0 amide bonds. The highest BCUT2D eigenvalue weighted by Gasteiger charge is 2.63. The third kappa shape index (κ3) is 3.19. The van der Waals surface area contributed by atoms with Gasteiger partial charge in [0.05, 0.1) is 31.2 Å². The Morgan fingerprint density at radius 3 is 2.77 bits per heavy atom. The van der Waals surface area contributed by atoms with Gasteiger partial charge in [-0.05, 0) is 48.8 Å². The molecule has 1 N–H and O–H groups in total. The van der Waals surface area contributed by atoms with Crippen LogP contribution in [0.3, 0.4) is 0 Å². The summed E-state index contributed by atoms with van der Waals surface area (Å²) in [5, 5.41) is 11.1. The van der Waals surface area contributed by atoms with Crippen LogP contribution in [0.15, 0.2) is 34.2 Å². The maximum absolute atomic E-state index is 13.4. The van der Waals surface area contributed by atoms with Crippen molar-refractivity contribution in [2.24, 2.45) is 16.7 Å². The first kappa shape index (κ1) is 21.6. The van der Waals surface area contributed by atoms with E-state index < -0.39 is 35.0 Å². The molecule has 2 aliphatic carbocycles. The predicted octanol–water partition coefficient (Wildman–Crippen LogP) is 2.86. The molecule has 1 aromatic heterocycles. The monoisotopic (exact) mass is 432 g/mol. The highest BCUT2D eigenvalue weighted by molar-refractivity contribution is 5.87. The number of esters is 3. The highest BCUT2D eigenvalue weighted by Crippen LogP contribution is 2.61. The second kappa shape index (κ2) is 7.82. The van der Waals surface area contributed by atoms with E-state index in [1.54, 1.807) is 12.3 Å². The minimum atomic E-state index is -1.31. The number of carbonyl (C=O) groups excluding carboxylic acids is 3. The molecule has 8 nitrogen and oxygen atoms in total. The quantitative estimate of drug-likeness (QED) is 0.439. The number of rotatable bonds is 4. The van der Waals surface area contributed by atoms with E-state index in [2.05, 4.69) is 0 Å². The standard InChI is InChI=1S/C23H28O8/c1-13-9-17(25)19-16(5-4-7-22(19,20(26)28-3)12-30-14(2)24)23(13)10-18(31-21(23)27)15-6-8-29-11-15/h6,8,11,13,17-18,25H,4-5,7,9-10,12H2,1-3H3/t13-,17+,18+,22-,23-/m1/s1. The van der Waals surface area contributed by atoms with Gasteiger partial charge in [-0.25, -0.2) is 0 Å². The Balaban J connectivity index is 1.86. The van der Waals surface area contributed by atoms with Crippen molar-refractivity contribution in [3.8, 4) is 0 Å². The lowest BCUT2D eigenvalue weighted by Crippen LogP contribution is -2.52. The Hall–Kier alpha value is -2.61. The fraction of sp³-hybridized carbons (Fsp3) is 0.609. The van der Waals surface area contributed by atoms with Gasteiger partial charge >= 0.3 is 17.9 Å². The van der Waals surface area contributed by atoms with E-state index in [4.69, 9.17) is 18.6 Å². The zero-order chi connectivity index (χ0) is 22.4. The van der Waals surface area contributed by atoms with Gasteiger partial charge in [0.25, 0.3) is 0 Å². The number of carbonyl (C=O) groups is 3. The number of aliphatic hydroxyl groups is 1. The fourth-order valence-corrected chi connectivity index (χ4v) is 5.85. The summed E-state index contributed by atoms with van der Waals surface area (Å²) in [5.74, 6) is -1.63. The maximum Gasteiger partial charge on any atom is 0.319 e. The number of hydrogen-bond acceptors (Lipinski definition) is 8. The van der Waals surface area contributed by atoms with Gasteiger partial charge in [-0.15, -0.1) is 0 Å². The van der Waals surface area contributed by atoms with Crippen LogP contribution < -0.4 is 0 Å². The number of fused-ring (bicyclic) bond motifs is 1. The minimum absolute atomic E-state index is 0.187. The summed E-state index contributed by atoms with van der Waals surface area (Å²) in [6.45, 7) is 2.98. The van der Waals surface area contributed by atoms with E-state index in [0.29, 0.717) is 37.7 Å². The van der Waals surface area contributed by atoms with Crippen molar-refractivity contribution in [3.63, 3.8) is 0 Å². The molecule has 5 atom stereocenters. The third-order valence-electron chi connectivity index (χ3n) is 7.29. The third-order valence-corrected chi connectivity index (χ3v) is 7.29. The average Bonchev–Trinajstić information content (AvgIpc) is 3.38. The Morgan fingerprint density at radius 2 is 2.13 bits per heavy atom. The molecule has 1 fully saturated rings. The smallest absolute Gasteiger partial charge is 0.319 e. The average molecular weight is 432 g/mol. The van der Waals surface area contributed by atoms with Crippen molar-refractivity contribution in [2.75, 3.05) is 13.7 Å². The van der Waals surface area contributed by atoms with Gasteiger partial charge in [-0.3, -0.25) is 14.4 Å². The van der Waals surface area contributed by atoms with Crippen molar-refractivity contribution in [1.82, 2.24) is 0 Å². The molecule has 0 unspecified atom stereocenters. The summed E-state index contributed by atoms with van der Waals surface area (Å²) < 4.78 is 21.3. The maximum atomic E-state index is 13.4. The van der Waals surface area contributed by atoms with Gasteiger partial charge in [-0.2, -0.15) is 0 Å². The van der Waals surface area contributed by atoms with Gasteiger partial charge < -0.3 is 23.7 Å². The SMILES string of the molecule is COC(=O)[C@@]1(COC(C)=O)CCCC2=C1[C@@H](O)C[C@@H](C)[C@]21C[C@@H](c2ccoc2)OC1=O. The highest BCUT2D eigenvalue weighted by atomic mass is 16.6. The largest absolute Gasteiger partial charge is 0.472 e. The molecule has 168 valence electrons. The molecule has 0 saturated carbocycles. The van der Waals surface area contributed by atoms with Crippen molar-refractivity contribution >= 4 is 17.9 Å². The lowest BCUT2D eigenvalue weighted by atomic mass is 9.53. The molecule has 1 aliphatic heterocycles. The molecular weight excluding hydrogens is 404 g/mol. The van der Waals surface area contributed by atoms with Crippen LogP contribution in [0.2, 0.25) is 0 Å². The molecule has 8 heteroatoms. The molecule has 0 radical (unpaired) electrons. The van der Waals surface area contributed by atoms with Crippen LogP contribution in [0.25, 0.3) is 0 Å². The number of cyclic esters (lactones) is 1. The zero-order valence-corrected chi connectivity index (χ0v) is 18.0. The molecule has 2 heterocycles. The number of furan rings is 1. The summed E-state index contributed by atoms with van der Waals surface area (Å²) >= 11 is 0. The Labute approximate surface area is 180 Å². The first-order valence-electron chi connectivity index (χ1n) is 10.6. The number of methoxy groups -OCH3 is 1. The van der Waals surface area contributed by atoms with Crippen LogP contribution in [0.5, 0.6) is 0 Å². The van der Waals surface area contributed by atoms with Gasteiger partial charge in [0, 0.05) is 18.9 Å². The Bertz CT molecular complexity index is 916. The van der Waals surface area contributed by atoms with Gasteiger partial charge in [-0.1, -0.05) is 6.92 Å². The van der Waals surface area contributed by atoms with E-state index in [0.717, 1.165) is 11.1 Å². The molecule has 0 aromatic carbocycles. The van der Waals surface area contributed by atoms with E-state index in [-0.39, 0.29) is 18.5 Å². The van der Waals surface area contributed by atoms with E-state index >= 15 is 0 Å². The summed E-state index contributed by atoms with van der Waals surface area (Å²) in [6, 6.07) is 1.77. The topological polar surface area (TPSA) is 112 Å². The van der Waals surface area contributed by atoms with Gasteiger partial charge in [0.2, 0.25) is 0 Å². The molecular formula is C23H28O8. The van der Waals surface area contributed by atoms with Gasteiger partial charge in [0.1, 0.15) is 18.1 Å². The minimum Gasteiger partial charge on any atom is -0.472 e. The van der Waals surface area contributed by atoms with E-state index in [1.165, 1.54) is 20.3 Å². The predicted molar refractivity (Wildman–Crippen MR) is 106 cm³/mol. The van der Waals surface area contributed by atoms with Crippen LogP contribution in [0, 0.1) is 16.7 Å². The Morgan fingerprint density at radius 1 is 1.35 bits per heavy atom. The van der Waals surface area contributed by atoms with Crippen LogP contribution in [-0.2, 0) is 28.6 Å². The molecule has 31 heavy (non-hydrogen) atoms. The zero-order valence-electron chi connectivity index (χ0n) is 18.0. The summed E-state index contributed by atoms with van der Waals surface area (Å²) in [4.78, 5) is 38.0. The van der Waals surface area contributed by atoms with Gasteiger partial charge in [0.15, 0.2) is 0 Å². The van der Waals surface area contributed by atoms with E-state index in [1.807, 2.05) is 6.92 Å². The van der Waals surface area contributed by atoms with Crippen LogP contribution in [0.1, 0.15) is 57.6 Å². The normalized spacial score (nSPS) is 35.0. The molecule has 4 rings (SSSR count). The lowest BCUT2D eigenvalue weighted by molar-refractivity contribution is -0.162. The van der Waals surface area contributed by atoms with Crippen molar-refractivity contribution in [3.05, 3.63) is 35.3 Å². The van der Waals surface area contributed by atoms with Crippen molar-refractivity contribution < 1.29 is 38.1 Å². The first-order chi connectivity index (χ1) is 14.8. The summed E-state index contributed by atoms with van der Waals surface area (Å²) in [7, 11) is 1.28. The number of hydrogen-bond donors (Lipinski definition) is 1. The van der Waals surface area contributed by atoms with Crippen molar-refractivity contribution in [1.29, 1.82) is 0 Å². The molecule has 1 saturated heterocycles. The molecule has 1 spiro atoms. The van der Waals surface area contributed by atoms with Crippen molar-refractivity contribution in [2.45, 2.75) is 58.2 Å². The molecule has 1 aromatic rings. The van der Waals surface area contributed by atoms with Crippen LogP contribution in [0.4, 0.5) is 0 Å². The molecule has 3 aliphatic rings. The Kier molecular flexibility index (Phi) is 5.45. The first-order valence-corrected chi connectivity index (χ1v) is 10.6. The second-order valence-electron chi connectivity index (χ2n) is 8.88. The lowest BCUT2D eigenvalue weighted by Gasteiger charge is -2.49. The van der Waals surface area contributed by atoms with Crippen LogP contribution >= 0.6 is 0 Å². The summed E-state index contributed by atoms with van der Waals surface area (Å²) in [6.07, 6.45) is 3.93. The summed E-state index contributed by atoms with van der Waals surface area (Å²) in [5.41, 5.74) is -0.282. The fourth-order valence-electron chi connectivity index (χ4n) is 5.85.